The molecule has 5 rings (SSSR count). The SMILES string of the molecule is CCCCOCCOCCO/N=C\c1c2c(O)c3c(O)c(C)c4c(c3c1O)C(=O)C(C)(O/C=C/C(OC)C(C)C(OC(C)=O)C(C)C(O)C(C)C(O)C(C)/C=C/C=C(\C)C(=O)N2)O4. The number of carbonyl (C=O) groups is 3. The van der Waals surface area contributed by atoms with Gasteiger partial charge in [-0.2, -0.15) is 0 Å². The van der Waals surface area contributed by atoms with E-state index in [-0.39, 0.29) is 57.7 Å². The number of hydrogen-bond acceptors (Lipinski definition) is 16. The lowest BCUT2D eigenvalue weighted by Crippen LogP contribution is -2.46. The Kier molecular flexibility index (Phi) is 18.0. The number of amides is 1. The van der Waals surface area contributed by atoms with Gasteiger partial charge in [0.1, 0.15) is 30.0 Å². The summed E-state index contributed by atoms with van der Waals surface area (Å²) in [6.45, 7) is 16.0. The van der Waals surface area contributed by atoms with E-state index in [1.807, 2.05) is 0 Å². The van der Waals surface area contributed by atoms with Crippen LogP contribution in [0.5, 0.6) is 23.0 Å². The van der Waals surface area contributed by atoms with E-state index in [1.165, 1.54) is 53.2 Å². The first kappa shape index (κ1) is 50.4. The summed E-state index contributed by atoms with van der Waals surface area (Å²) in [6.07, 6.45) is 6.38. The average molecular weight is 885 g/mol. The molecule has 0 spiro atoms. The highest BCUT2D eigenvalue weighted by atomic mass is 16.7. The minimum absolute atomic E-state index is 0.0103. The van der Waals surface area contributed by atoms with Crippen LogP contribution < -0.4 is 10.1 Å². The Labute approximate surface area is 368 Å². The molecule has 1 amide bonds. The summed E-state index contributed by atoms with van der Waals surface area (Å²) in [5.74, 6) is -8.82. The molecule has 0 fully saturated rings. The van der Waals surface area contributed by atoms with Gasteiger partial charge in [0.2, 0.25) is 0 Å². The number of ketones is 1. The molecule has 2 aromatic rings. The number of methoxy groups -OCH3 is 1. The van der Waals surface area contributed by atoms with Crippen molar-refractivity contribution in [2.45, 2.75) is 105 Å². The number of unbranched alkanes of at least 4 members (excludes halogenated alkanes) is 1. The van der Waals surface area contributed by atoms with Crippen LogP contribution in [0, 0.1) is 30.6 Å². The van der Waals surface area contributed by atoms with E-state index >= 15 is 0 Å². The molecule has 9 atom stereocenters. The van der Waals surface area contributed by atoms with Crippen molar-refractivity contribution in [1.29, 1.82) is 0 Å². The second-order valence-corrected chi connectivity index (χ2v) is 16.3. The number of aliphatic hydroxyl groups excluding tert-OH is 2. The van der Waals surface area contributed by atoms with Crippen LogP contribution in [0.2, 0.25) is 0 Å². The van der Waals surface area contributed by atoms with Gasteiger partial charge in [-0.25, -0.2) is 0 Å². The van der Waals surface area contributed by atoms with E-state index in [0.717, 1.165) is 19.1 Å². The number of aliphatic hydroxyl groups is 2. The van der Waals surface area contributed by atoms with Crippen molar-refractivity contribution in [3.63, 3.8) is 0 Å². The van der Waals surface area contributed by atoms with Gasteiger partial charge in [0.15, 0.2) is 5.75 Å². The number of esters is 1. The molecule has 3 heterocycles. The molecular formula is C46H64N2O15. The number of benzene rings is 2. The number of allylic oxidation sites excluding steroid dienone is 2. The van der Waals surface area contributed by atoms with E-state index in [9.17, 15) is 39.9 Å². The predicted molar refractivity (Wildman–Crippen MR) is 234 cm³/mol. The second-order valence-electron chi connectivity index (χ2n) is 16.3. The van der Waals surface area contributed by atoms with E-state index in [4.69, 9.17) is 33.3 Å². The summed E-state index contributed by atoms with van der Waals surface area (Å²) in [5.41, 5.74) is -0.723. The Balaban J connectivity index is 1.85. The Morgan fingerprint density at radius 1 is 0.905 bits per heavy atom. The normalized spacial score (nSPS) is 28.9. The average Bonchev–Trinajstić information content (AvgIpc) is 3.51. The van der Waals surface area contributed by atoms with Crippen molar-refractivity contribution in [2.75, 3.05) is 45.5 Å². The molecule has 0 saturated carbocycles. The van der Waals surface area contributed by atoms with Gasteiger partial charge in [-0.15, -0.1) is 0 Å². The first-order valence-electron chi connectivity index (χ1n) is 21.2. The van der Waals surface area contributed by atoms with Gasteiger partial charge in [0, 0.05) is 67.8 Å². The number of nitrogens with one attached hydrogen (secondary N) is 1. The standard InChI is InChI=1S/C46H64N2O15/c1-11-12-17-58-19-20-59-21-22-61-47-23-31-36-41(54)34-33(40(31)53)35-43(29(7)39(34)52)63-46(9,44(35)55)60-18-16-32(57-10)26(4)42(62-30(8)49)28(6)38(51)27(5)37(50)24(2)14-13-15-25(3)45(56)48-36/h13-16,18,23-24,26-28,32,37-38,42,50-54H,11-12,17,19-22H2,1-10H3,(H,48,56)/b14-13+,18-16+,25-15+,47-23-. The molecule has 0 aliphatic carbocycles. The molecule has 17 nitrogen and oxygen atoms in total. The summed E-state index contributed by atoms with van der Waals surface area (Å²) in [4.78, 5) is 45.8. The lowest BCUT2D eigenvalue weighted by atomic mass is 9.78. The third kappa shape index (κ3) is 11.5. The fraction of sp³-hybridized carbons (Fsp3) is 0.565. The minimum Gasteiger partial charge on any atom is -0.507 e. The van der Waals surface area contributed by atoms with Crippen LogP contribution in [0.1, 0.15) is 89.7 Å². The number of oxime groups is 1. The molecule has 3 aliphatic rings. The molecule has 0 saturated heterocycles. The zero-order valence-corrected chi connectivity index (χ0v) is 37.8. The van der Waals surface area contributed by atoms with Gasteiger partial charge in [-0.3, -0.25) is 14.4 Å². The number of Topliss-reactive ketones (excluding diaryl/α,β-unsaturated/α-hetero) is 1. The van der Waals surface area contributed by atoms with Crippen molar-refractivity contribution in [1.82, 2.24) is 0 Å². The van der Waals surface area contributed by atoms with Gasteiger partial charge in [-0.05, 0) is 26.3 Å². The first-order valence-corrected chi connectivity index (χ1v) is 21.2. The molecule has 348 valence electrons. The van der Waals surface area contributed by atoms with Crippen LogP contribution in [0.4, 0.5) is 5.69 Å². The van der Waals surface area contributed by atoms with Crippen LogP contribution in [-0.2, 0) is 38.1 Å². The first-order chi connectivity index (χ1) is 29.8. The number of phenolic OH excluding ortho intramolecular Hbond substituents is 3. The summed E-state index contributed by atoms with van der Waals surface area (Å²) < 4.78 is 34.5. The molecule has 0 radical (unpaired) electrons. The maximum absolute atomic E-state index is 14.4. The molecule has 0 aromatic heterocycles. The third-order valence-electron chi connectivity index (χ3n) is 11.6. The highest BCUT2D eigenvalue weighted by Gasteiger charge is 2.50. The van der Waals surface area contributed by atoms with Crippen LogP contribution in [0.15, 0.2) is 41.3 Å². The number of hydrogen-bond donors (Lipinski definition) is 6. The number of carbonyl (C=O) groups excluding carboxylic acids is 3. The highest BCUT2D eigenvalue weighted by Crippen LogP contribution is 2.55. The van der Waals surface area contributed by atoms with Crippen molar-refractivity contribution in [3.8, 4) is 23.0 Å². The highest BCUT2D eigenvalue weighted by molar-refractivity contribution is 6.23. The molecule has 9 unspecified atom stereocenters. The molecular weight excluding hydrogens is 821 g/mol. The summed E-state index contributed by atoms with van der Waals surface area (Å²) >= 11 is 0. The fourth-order valence-corrected chi connectivity index (χ4v) is 7.68. The van der Waals surface area contributed by atoms with Crippen molar-refractivity contribution >= 4 is 40.3 Å². The lowest BCUT2D eigenvalue weighted by molar-refractivity contribution is -0.160. The lowest BCUT2D eigenvalue weighted by Gasteiger charge is -2.38. The van der Waals surface area contributed by atoms with Gasteiger partial charge in [-0.1, -0.05) is 64.4 Å². The van der Waals surface area contributed by atoms with Crippen LogP contribution >= 0.6 is 0 Å². The Hall–Kier alpha value is -5.20. The predicted octanol–water partition coefficient (Wildman–Crippen LogP) is 5.94. The quantitative estimate of drug-likeness (QED) is 0.0341. The number of aromatic hydroxyl groups is 3. The maximum atomic E-state index is 14.4. The van der Waals surface area contributed by atoms with E-state index in [2.05, 4.69) is 17.4 Å². The summed E-state index contributed by atoms with van der Waals surface area (Å²) in [5, 5.41) is 64.1. The second kappa shape index (κ2) is 22.4. The molecule has 2 aromatic carbocycles. The number of phenols is 3. The number of rotatable bonds is 13. The van der Waals surface area contributed by atoms with Gasteiger partial charge in [0.25, 0.3) is 11.7 Å². The van der Waals surface area contributed by atoms with Crippen LogP contribution in [0.3, 0.4) is 0 Å². The minimum atomic E-state index is -2.08. The van der Waals surface area contributed by atoms with Gasteiger partial charge < -0.3 is 64.1 Å². The van der Waals surface area contributed by atoms with Crippen LogP contribution in [0.25, 0.3) is 10.8 Å². The monoisotopic (exact) mass is 884 g/mol. The fourth-order valence-electron chi connectivity index (χ4n) is 7.68. The summed E-state index contributed by atoms with van der Waals surface area (Å²) in [7, 11) is 1.42. The van der Waals surface area contributed by atoms with Crippen molar-refractivity contribution < 1.29 is 73.2 Å². The Bertz CT molecular complexity index is 2080. The Morgan fingerprint density at radius 2 is 1.57 bits per heavy atom. The Morgan fingerprint density at radius 3 is 2.22 bits per heavy atom. The maximum Gasteiger partial charge on any atom is 0.312 e. The topological polar surface area (TPSA) is 241 Å². The van der Waals surface area contributed by atoms with Gasteiger partial charge >= 0.3 is 11.8 Å². The third-order valence-corrected chi connectivity index (χ3v) is 11.6. The zero-order valence-electron chi connectivity index (χ0n) is 37.8. The van der Waals surface area contributed by atoms with E-state index in [1.54, 1.807) is 39.8 Å². The molecule has 6 N–H and O–H groups in total. The smallest absolute Gasteiger partial charge is 0.312 e. The molecule has 17 heteroatoms. The number of ether oxygens (including phenoxy) is 6. The number of nitrogens with zero attached hydrogens (tertiary/aromatic N) is 1. The zero-order chi connectivity index (χ0) is 46.8. The van der Waals surface area contributed by atoms with Crippen LogP contribution in [-0.4, -0.2) is 120 Å². The van der Waals surface area contributed by atoms with E-state index < -0.39 is 88.8 Å². The summed E-state index contributed by atoms with van der Waals surface area (Å²) in [6, 6.07) is 0. The van der Waals surface area contributed by atoms with E-state index in [0.29, 0.717) is 19.8 Å². The van der Waals surface area contributed by atoms with Crippen molar-refractivity contribution in [2.24, 2.45) is 28.8 Å². The largest absolute Gasteiger partial charge is 0.507 e. The molecule has 5 bridgehead atoms. The van der Waals surface area contributed by atoms with Gasteiger partial charge in [0.05, 0.1) is 72.8 Å². The molecule has 3 aliphatic heterocycles. The molecule has 63 heavy (non-hydrogen) atoms. The number of fused-ring (bicyclic) bond motifs is 14. The van der Waals surface area contributed by atoms with Crippen molar-refractivity contribution in [3.05, 3.63) is 52.8 Å². The number of anilines is 1.